The highest BCUT2D eigenvalue weighted by atomic mass is 19.1. The minimum Gasteiger partial charge on any atom is -0.486 e. The molecule has 3 N–H and O–H groups in total. The Labute approximate surface area is 226 Å². The first kappa shape index (κ1) is 31.0. The van der Waals surface area contributed by atoms with Crippen LogP contribution in [0.4, 0.5) is 4.39 Å². The fourth-order valence-corrected chi connectivity index (χ4v) is 3.38. The van der Waals surface area contributed by atoms with E-state index in [-0.39, 0.29) is 22.9 Å². The molecule has 0 aliphatic carbocycles. The van der Waals surface area contributed by atoms with Crippen molar-refractivity contribution in [3.8, 4) is 11.5 Å². The van der Waals surface area contributed by atoms with Crippen molar-refractivity contribution in [2.24, 2.45) is 17.6 Å². The van der Waals surface area contributed by atoms with Crippen LogP contribution in [0, 0.1) is 17.7 Å². The first-order valence-corrected chi connectivity index (χ1v) is 12.3. The largest absolute Gasteiger partial charge is 0.486 e. The van der Waals surface area contributed by atoms with Crippen molar-refractivity contribution < 1.29 is 42.5 Å². The molecule has 12 heteroatoms. The molecule has 2 rings (SSSR count). The lowest BCUT2D eigenvalue weighted by Crippen LogP contribution is -2.44. The number of aromatic nitrogens is 1. The third kappa shape index (κ3) is 8.94. The minimum atomic E-state index is -1.13. The molecule has 212 valence electrons. The molecule has 2 amide bonds. The molecule has 0 bridgehead atoms. The molecule has 0 saturated carbocycles. The number of benzene rings is 1. The molecular formula is C27H34FN3O8. The second-order valence-corrected chi connectivity index (χ2v) is 9.40. The first-order valence-electron chi connectivity index (χ1n) is 12.3. The van der Waals surface area contributed by atoms with Gasteiger partial charge in [0.15, 0.2) is 11.4 Å². The lowest BCUT2D eigenvalue weighted by atomic mass is 10.0. The molecule has 39 heavy (non-hydrogen) atoms. The van der Waals surface area contributed by atoms with Gasteiger partial charge in [0.1, 0.15) is 29.8 Å². The Morgan fingerprint density at radius 2 is 1.62 bits per heavy atom. The molecule has 0 fully saturated rings. The number of hydrogen-bond donors (Lipinski definition) is 2. The zero-order valence-electron chi connectivity index (χ0n) is 22.7. The van der Waals surface area contributed by atoms with Crippen LogP contribution >= 0.6 is 0 Å². The molecule has 3 atom stereocenters. The predicted octanol–water partition coefficient (Wildman–Crippen LogP) is 3.01. The molecule has 11 nitrogen and oxygen atoms in total. The van der Waals surface area contributed by atoms with Crippen LogP contribution in [0.25, 0.3) is 0 Å². The van der Waals surface area contributed by atoms with Crippen molar-refractivity contribution in [2.45, 2.75) is 59.8 Å². The summed E-state index contributed by atoms with van der Waals surface area (Å²) in [7, 11) is 0. The normalized spacial score (nSPS) is 13.3. The van der Waals surface area contributed by atoms with Gasteiger partial charge in [-0.3, -0.25) is 14.4 Å². The van der Waals surface area contributed by atoms with Crippen LogP contribution in [0.2, 0.25) is 0 Å². The van der Waals surface area contributed by atoms with Gasteiger partial charge >= 0.3 is 11.9 Å². The molecule has 0 aliphatic heterocycles. The molecular weight excluding hydrogens is 513 g/mol. The zero-order valence-corrected chi connectivity index (χ0v) is 22.7. The van der Waals surface area contributed by atoms with E-state index in [1.54, 1.807) is 20.8 Å². The van der Waals surface area contributed by atoms with Gasteiger partial charge in [0.2, 0.25) is 6.79 Å². The molecule has 2 unspecified atom stereocenters. The van der Waals surface area contributed by atoms with Gasteiger partial charge in [-0.25, -0.2) is 14.2 Å². The monoisotopic (exact) mass is 547 g/mol. The predicted molar refractivity (Wildman–Crippen MR) is 137 cm³/mol. The smallest absolute Gasteiger partial charge is 0.328 e. The van der Waals surface area contributed by atoms with E-state index < -0.39 is 60.5 Å². The Hall–Kier alpha value is -4.22. The van der Waals surface area contributed by atoms with Gasteiger partial charge in [-0.05, 0) is 50.1 Å². The molecule has 2 aromatic rings. The summed E-state index contributed by atoms with van der Waals surface area (Å²) in [5.74, 6) is -3.88. The summed E-state index contributed by atoms with van der Waals surface area (Å²) >= 11 is 0. The third-order valence-electron chi connectivity index (χ3n) is 5.47. The fraction of sp³-hybridized carbons (Fsp3) is 0.444. The summed E-state index contributed by atoms with van der Waals surface area (Å²) < 4.78 is 35.0. The van der Waals surface area contributed by atoms with Gasteiger partial charge in [-0.15, -0.1) is 0 Å². The van der Waals surface area contributed by atoms with Crippen LogP contribution in [-0.4, -0.2) is 53.8 Å². The number of esters is 2. The van der Waals surface area contributed by atoms with E-state index in [0.29, 0.717) is 5.75 Å². The number of ether oxygens (including phenoxy) is 4. The van der Waals surface area contributed by atoms with Crippen molar-refractivity contribution in [2.75, 3.05) is 6.79 Å². The van der Waals surface area contributed by atoms with E-state index in [1.807, 2.05) is 13.8 Å². The second-order valence-electron chi connectivity index (χ2n) is 9.40. The second kappa shape index (κ2) is 14.1. The summed E-state index contributed by atoms with van der Waals surface area (Å²) in [6.07, 6.45) is -0.120. The number of halogens is 1. The van der Waals surface area contributed by atoms with Gasteiger partial charge in [-0.2, -0.15) is 0 Å². The van der Waals surface area contributed by atoms with Crippen LogP contribution in [0.15, 0.2) is 36.5 Å². The Morgan fingerprint density at radius 3 is 2.18 bits per heavy atom. The molecule has 0 spiro atoms. The Balaban J connectivity index is 2.11. The quantitative estimate of drug-likeness (QED) is 0.284. The third-order valence-corrected chi connectivity index (χ3v) is 5.47. The average Bonchev–Trinajstić information content (AvgIpc) is 2.87. The van der Waals surface area contributed by atoms with Crippen molar-refractivity contribution >= 4 is 23.8 Å². The highest BCUT2D eigenvalue weighted by molar-refractivity contribution is 6.03. The van der Waals surface area contributed by atoms with Crippen molar-refractivity contribution in [1.82, 2.24) is 10.3 Å². The van der Waals surface area contributed by atoms with Crippen LogP contribution in [0.5, 0.6) is 11.5 Å². The Kier molecular flexibility index (Phi) is 11.2. The maximum Gasteiger partial charge on any atom is 0.328 e. The highest BCUT2D eigenvalue weighted by Gasteiger charge is 2.30. The number of nitrogens with two attached hydrogens (primary N) is 1. The standard InChI is InChI=1S/C27H34FN3O8/c1-14(2)22(39-19-9-7-18(28)8-10-19)17(6)38-27(35)16(5)31-25(33)21-23(20(24(29)32)11-12-30-21)36-13-37-26(34)15(3)4/h7-12,14-17,22H,13H2,1-6H3,(H2,29,32)(H,31,33)/t16-,17?,22?/m0/s1. The van der Waals surface area contributed by atoms with Crippen molar-refractivity contribution in [1.29, 1.82) is 0 Å². The summed E-state index contributed by atoms with van der Waals surface area (Å²) in [5.41, 5.74) is 4.88. The first-order chi connectivity index (χ1) is 18.3. The number of nitrogens with zero attached hydrogens (tertiary/aromatic N) is 1. The molecule has 1 aromatic heterocycles. The van der Waals surface area contributed by atoms with Gasteiger partial charge in [0.25, 0.3) is 11.8 Å². The SMILES string of the molecule is CC(C)C(=O)OCOc1c(C(N)=O)ccnc1C(=O)N[C@@H](C)C(=O)OC(C)C(Oc1ccc(F)cc1)C(C)C. The number of carbonyl (C=O) groups excluding carboxylic acids is 4. The van der Waals surface area contributed by atoms with Gasteiger partial charge in [0.05, 0.1) is 11.5 Å². The van der Waals surface area contributed by atoms with Gasteiger partial charge in [-0.1, -0.05) is 27.7 Å². The molecule has 1 aromatic carbocycles. The molecule has 0 aliphatic rings. The number of rotatable bonds is 13. The highest BCUT2D eigenvalue weighted by Crippen LogP contribution is 2.23. The number of pyridine rings is 1. The molecule has 1 heterocycles. The van der Waals surface area contributed by atoms with Crippen LogP contribution < -0.4 is 20.5 Å². The van der Waals surface area contributed by atoms with E-state index in [9.17, 15) is 23.6 Å². The number of amides is 2. The number of nitrogens with one attached hydrogen (secondary N) is 1. The Bertz CT molecular complexity index is 1170. The topological polar surface area (TPSA) is 156 Å². The van der Waals surface area contributed by atoms with Crippen LogP contribution in [-0.2, 0) is 19.1 Å². The lowest BCUT2D eigenvalue weighted by molar-refractivity contribution is -0.156. The van der Waals surface area contributed by atoms with Crippen molar-refractivity contribution in [3.63, 3.8) is 0 Å². The molecule has 0 radical (unpaired) electrons. The van der Waals surface area contributed by atoms with E-state index in [0.717, 1.165) is 0 Å². The lowest BCUT2D eigenvalue weighted by Gasteiger charge is -2.29. The van der Waals surface area contributed by atoms with Gasteiger partial charge in [0, 0.05) is 6.20 Å². The van der Waals surface area contributed by atoms with E-state index in [4.69, 9.17) is 24.7 Å². The fourth-order valence-electron chi connectivity index (χ4n) is 3.38. The maximum atomic E-state index is 13.2. The zero-order chi connectivity index (χ0) is 29.3. The van der Waals surface area contributed by atoms with E-state index in [1.165, 1.54) is 43.5 Å². The number of carbonyl (C=O) groups is 4. The average molecular weight is 548 g/mol. The maximum absolute atomic E-state index is 13.2. The summed E-state index contributed by atoms with van der Waals surface area (Å²) in [5, 5.41) is 2.45. The molecule has 0 saturated heterocycles. The van der Waals surface area contributed by atoms with Crippen LogP contribution in [0.1, 0.15) is 62.4 Å². The number of primary amides is 1. The number of hydrogen-bond acceptors (Lipinski definition) is 9. The summed E-state index contributed by atoms with van der Waals surface area (Å²) in [6.45, 7) is 9.45. The minimum absolute atomic E-state index is 0.0759. The van der Waals surface area contributed by atoms with Crippen molar-refractivity contribution in [3.05, 3.63) is 53.6 Å². The van der Waals surface area contributed by atoms with Crippen LogP contribution in [0.3, 0.4) is 0 Å². The van der Waals surface area contributed by atoms with E-state index in [2.05, 4.69) is 10.3 Å². The van der Waals surface area contributed by atoms with Gasteiger partial charge < -0.3 is 30.0 Å². The van der Waals surface area contributed by atoms with E-state index >= 15 is 0 Å². The Morgan fingerprint density at radius 1 is 0.974 bits per heavy atom. The summed E-state index contributed by atoms with van der Waals surface area (Å²) in [4.78, 5) is 53.3. The summed E-state index contributed by atoms with van der Waals surface area (Å²) in [6, 6.07) is 5.57.